The number of carbonyl (C=O) groups is 1. The molecule has 41 heavy (non-hydrogen) atoms. The first-order valence-corrected chi connectivity index (χ1v) is 12.8. The molecule has 0 aliphatic carbocycles. The van der Waals surface area contributed by atoms with Gasteiger partial charge in [0.05, 0.1) is 17.8 Å². The molecule has 3 aromatic rings. The van der Waals surface area contributed by atoms with Crippen LogP contribution in [0.2, 0.25) is 0 Å². The number of aryl methyl sites for hydroxylation is 1. The number of benzene rings is 2. The maximum atomic E-state index is 13.2. The van der Waals surface area contributed by atoms with Gasteiger partial charge in [0.2, 0.25) is 0 Å². The van der Waals surface area contributed by atoms with Gasteiger partial charge >= 0.3 is 0 Å². The third kappa shape index (κ3) is 4.95. The number of aliphatic hydroxyl groups is 4. The lowest BCUT2D eigenvalue weighted by molar-refractivity contribution is -0.314. The Morgan fingerprint density at radius 1 is 0.829 bits per heavy atom. The summed E-state index contributed by atoms with van der Waals surface area (Å²) in [6, 6.07) is 6.70. The van der Waals surface area contributed by atoms with Crippen LogP contribution in [0.1, 0.15) is 31.1 Å². The van der Waals surface area contributed by atoms with E-state index in [4.69, 9.17) is 18.6 Å². The molecule has 3 heterocycles. The highest BCUT2D eigenvalue weighted by atomic mass is 16.7. The maximum Gasteiger partial charge on any atom is 0.197 e. The summed E-state index contributed by atoms with van der Waals surface area (Å²) in [6.07, 6.45) is -13.9. The second-order valence-corrected chi connectivity index (χ2v) is 10.4. The van der Waals surface area contributed by atoms with Crippen molar-refractivity contribution in [2.75, 3.05) is 0 Å². The molecule has 13 heteroatoms. The van der Waals surface area contributed by atoms with E-state index in [9.17, 15) is 45.3 Å². The fraction of sp³-hybridized carbons (Fsp3) is 0.429. The Morgan fingerprint density at radius 2 is 1.54 bits per heavy atom. The van der Waals surface area contributed by atoms with Crippen LogP contribution in [-0.2, 0) is 19.0 Å². The summed E-state index contributed by atoms with van der Waals surface area (Å²) >= 11 is 0. The van der Waals surface area contributed by atoms with E-state index < -0.39 is 83.4 Å². The fourth-order valence-corrected chi connectivity index (χ4v) is 5.09. The van der Waals surface area contributed by atoms with E-state index in [1.54, 1.807) is 13.0 Å². The van der Waals surface area contributed by atoms with Crippen molar-refractivity contribution in [1.29, 1.82) is 0 Å². The third-order valence-corrected chi connectivity index (χ3v) is 7.52. The van der Waals surface area contributed by atoms with Gasteiger partial charge in [0.1, 0.15) is 64.5 Å². The molecule has 1 aromatic heterocycles. The zero-order chi connectivity index (χ0) is 29.9. The molecule has 2 aliphatic rings. The lowest BCUT2D eigenvalue weighted by atomic mass is 9.90. The Balaban J connectivity index is 1.58. The Labute approximate surface area is 232 Å². The summed E-state index contributed by atoms with van der Waals surface area (Å²) in [4.78, 5) is 26.4. The van der Waals surface area contributed by atoms with Gasteiger partial charge < -0.3 is 54.4 Å². The molecule has 0 saturated carbocycles. The molecule has 2 aliphatic heterocycles. The normalized spacial score (nSPS) is 32.4. The quantitative estimate of drug-likeness (QED) is 0.226. The van der Waals surface area contributed by atoms with Gasteiger partial charge in [0.15, 0.2) is 23.6 Å². The van der Waals surface area contributed by atoms with E-state index >= 15 is 0 Å². The molecule has 2 aromatic carbocycles. The van der Waals surface area contributed by atoms with Crippen LogP contribution in [0.5, 0.6) is 17.2 Å². The van der Waals surface area contributed by atoms with Crippen molar-refractivity contribution in [2.24, 2.45) is 0 Å². The number of hydrogen-bond acceptors (Lipinski definition) is 13. The highest BCUT2D eigenvalue weighted by Gasteiger charge is 2.50. The summed E-state index contributed by atoms with van der Waals surface area (Å²) in [7, 11) is 0. The molecule has 0 radical (unpaired) electrons. The summed E-state index contributed by atoms with van der Waals surface area (Å²) in [5, 5.41) is 72.6. The number of carbonyl (C=O) groups excluding carboxylic acids is 1. The van der Waals surface area contributed by atoms with Crippen LogP contribution in [-0.4, -0.2) is 90.5 Å². The van der Waals surface area contributed by atoms with E-state index in [1.807, 2.05) is 0 Å². The zero-order valence-corrected chi connectivity index (χ0v) is 22.2. The van der Waals surface area contributed by atoms with Crippen LogP contribution < -0.4 is 5.43 Å². The van der Waals surface area contributed by atoms with Crippen molar-refractivity contribution < 1.29 is 59.2 Å². The second-order valence-electron chi connectivity index (χ2n) is 10.4. The molecule has 2 fully saturated rings. The van der Waals surface area contributed by atoms with Gasteiger partial charge in [-0.15, -0.1) is 0 Å². The van der Waals surface area contributed by atoms with Crippen LogP contribution in [0.3, 0.4) is 0 Å². The molecule has 0 spiro atoms. The van der Waals surface area contributed by atoms with Gasteiger partial charge in [0, 0.05) is 17.7 Å². The van der Waals surface area contributed by atoms with Crippen molar-refractivity contribution in [1.82, 2.24) is 0 Å². The maximum absolute atomic E-state index is 13.2. The average molecular weight is 575 g/mol. The SMILES string of the molecule is Cc1cc(-c2cc(=O)c3c(O)c([C@H]4O[C@@H](C)[C@H](O)C(=O)[C@@H]4O[C@@H]4O[C@@H](C)[C@H](O)[C@@H](O)[C@H]4O)c(O)cc3o2)ccc1O. The van der Waals surface area contributed by atoms with Crippen LogP contribution in [0.4, 0.5) is 0 Å². The number of ether oxygens (including phenoxy) is 3. The lowest BCUT2D eigenvalue weighted by Crippen LogP contribution is -2.60. The molecule has 9 atom stereocenters. The molecule has 0 amide bonds. The predicted molar refractivity (Wildman–Crippen MR) is 139 cm³/mol. The van der Waals surface area contributed by atoms with Crippen LogP contribution in [0.15, 0.2) is 39.5 Å². The van der Waals surface area contributed by atoms with E-state index in [0.29, 0.717) is 11.1 Å². The minimum Gasteiger partial charge on any atom is -0.508 e. The fourth-order valence-electron chi connectivity index (χ4n) is 5.09. The van der Waals surface area contributed by atoms with Gasteiger partial charge in [-0.1, -0.05) is 0 Å². The molecule has 2 saturated heterocycles. The highest BCUT2D eigenvalue weighted by molar-refractivity contribution is 5.92. The van der Waals surface area contributed by atoms with E-state index in [2.05, 4.69) is 0 Å². The molecule has 0 unspecified atom stereocenters. The van der Waals surface area contributed by atoms with Crippen LogP contribution >= 0.6 is 0 Å². The minimum atomic E-state index is -1.81. The Kier molecular flexibility index (Phi) is 7.55. The number of phenolic OH excluding ortho intramolecular Hbond substituents is 3. The van der Waals surface area contributed by atoms with Gasteiger partial charge in [-0.3, -0.25) is 9.59 Å². The van der Waals surface area contributed by atoms with Crippen LogP contribution in [0.25, 0.3) is 22.3 Å². The second kappa shape index (κ2) is 10.7. The molecule has 13 nitrogen and oxygen atoms in total. The Hall–Kier alpha value is -3.56. The average Bonchev–Trinajstić information content (AvgIpc) is 2.92. The molecular formula is C28H30O13. The van der Waals surface area contributed by atoms with Crippen molar-refractivity contribution in [3.05, 3.63) is 51.7 Å². The number of hydrogen-bond donors (Lipinski definition) is 7. The summed E-state index contributed by atoms with van der Waals surface area (Å²) < 4.78 is 22.6. The monoisotopic (exact) mass is 574 g/mol. The Bertz CT molecular complexity index is 1550. The summed E-state index contributed by atoms with van der Waals surface area (Å²) in [6.45, 7) is 4.43. The summed E-state index contributed by atoms with van der Waals surface area (Å²) in [5.74, 6) is -2.22. The molecular weight excluding hydrogens is 544 g/mol. The smallest absolute Gasteiger partial charge is 0.197 e. The molecule has 0 bridgehead atoms. The summed E-state index contributed by atoms with van der Waals surface area (Å²) in [5.41, 5.74) is -0.338. The van der Waals surface area contributed by atoms with Gasteiger partial charge in [-0.05, 0) is 44.5 Å². The number of Topliss-reactive ketones (excluding diaryl/α,β-unsaturated/α-hetero) is 1. The third-order valence-electron chi connectivity index (χ3n) is 7.52. The first-order chi connectivity index (χ1) is 19.3. The van der Waals surface area contributed by atoms with Gasteiger partial charge in [-0.25, -0.2) is 0 Å². The first-order valence-electron chi connectivity index (χ1n) is 12.8. The predicted octanol–water partition coefficient (Wildman–Crippen LogP) is 0.488. The first kappa shape index (κ1) is 29.0. The van der Waals surface area contributed by atoms with Crippen molar-refractivity contribution >= 4 is 16.8 Å². The minimum absolute atomic E-state index is 0.0428. The largest absolute Gasteiger partial charge is 0.508 e. The lowest BCUT2D eigenvalue weighted by Gasteiger charge is -2.43. The number of rotatable bonds is 4. The topological polar surface area (TPSA) is 217 Å². The van der Waals surface area contributed by atoms with Gasteiger partial charge in [0.25, 0.3) is 0 Å². The molecule has 220 valence electrons. The van der Waals surface area contributed by atoms with Crippen LogP contribution in [0, 0.1) is 6.92 Å². The van der Waals surface area contributed by atoms with Crippen molar-refractivity contribution in [3.8, 4) is 28.6 Å². The van der Waals surface area contributed by atoms with Gasteiger partial charge in [-0.2, -0.15) is 0 Å². The van der Waals surface area contributed by atoms with E-state index in [0.717, 1.165) is 12.1 Å². The van der Waals surface area contributed by atoms with E-state index in [1.165, 1.54) is 26.0 Å². The number of phenols is 3. The number of aromatic hydroxyl groups is 3. The molecule has 7 N–H and O–H groups in total. The zero-order valence-electron chi connectivity index (χ0n) is 22.2. The Morgan fingerprint density at radius 3 is 2.22 bits per heavy atom. The van der Waals surface area contributed by atoms with Crippen molar-refractivity contribution in [3.63, 3.8) is 0 Å². The standard InChI is InChI=1S/C28H30O13/c1-9-6-12(4-5-13(9)29)16-7-14(30)18-17(40-16)8-15(31)19(22(18)34)26-27(24(36)21(33)10(2)38-26)41-28-25(37)23(35)20(32)11(3)39-28/h4-8,10-11,20-21,23,25-29,31-35,37H,1-3H3/t10-,11-,20-,21-,23+,25+,26+,27-,28-/m0/s1. The number of fused-ring (bicyclic) bond motifs is 1. The van der Waals surface area contributed by atoms with E-state index in [-0.39, 0.29) is 22.5 Å². The number of ketones is 1. The highest BCUT2D eigenvalue weighted by Crippen LogP contribution is 2.45. The number of aliphatic hydroxyl groups excluding tert-OH is 4. The van der Waals surface area contributed by atoms with Crippen molar-refractivity contribution in [2.45, 2.75) is 75.9 Å². The molecule has 5 rings (SSSR count).